The van der Waals surface area contributed by atoms with E-state index in [0.717, 1.165) is 66.0 Å². The molecule has 5 rings (SSSR count). The molecule has 9 heteroatoms. The van der Waals surface area contributed by atoms with Crippen LogP contribution in [0.3, 0.4) is 0 Å². The summed E-state index contributed by atoms with van der Waals surface area (Å²) in [5.41, 5.74) is 6.49. The molecule has 3 aromatic carbocycles. The number of aromatic hydroxyl groups is 1. The SMILES string of the molecule is CCCc1cc(OC(=O)C(C)(C)C)c(-c2c(C)cc(C)cc2C)c(=O)o1.Cc1cc(C)c(-c2c(O)cc(CCSc3ccc(Br)cc3)oc2=O)c(C)c1. The molecule has 0 aliphatic carbocycles. The van der Waals surface area contributed by atoms with Gasteiger partial charge in [0.25, 0.3) is 0 Å². The van der Waals surface area contributed by atoms with E-state index in [1.165, 1.54) is 0 Å². The molecule has 0 unspecified atom stereocenters. The van der Waals surface area contributed by atoms with Gasteiger partial charge in [-0.15, -0.1) is 11.8 Å². The van der Waals surface area contributed by atoms with E-state index in [1.54, 1.807) is 44.7 Å². The van der Waals surface area contributed by atoms with Crippen LogP contribution >= 0.6 is 27.7 Å². The minimum absolute atomic E-state index is 0.0232. The van der Waals surface area contributed by atoms with Crippen LogP contribution < -0.4 is 16.0 Å². The summed E-state index contributed by atoms with van der Waals surface area (Å²) in [6, 6.07) is 19.3. The van der Waals surface area contributed by atoms with Crippen molar-refractivity contribution in [3.05, 3.63) is 131 Å². The molecule has 0 radical (unpaired) electrons. The van der Waals surface area contributed by atoms with Crippen LogP contribution in [0.4, 0.5) is 0 Å². The Kier molecular flexibility index (Phi) is 13.8. The van der Waals surface area contributed by atoms with Gasteiger partial charge < -0.3 is 18.7 Å². The third-order valence-electron chi connectivity index (χ3n) is 8.54. The molecule has 53 heavy (non-hydrogen) atoms. The topological polar surface area (TPSA) is 107 Å². The highest BCUT2D eigenvalue weighted by Gasteiger charge is 2.27. The lowest BCUT2D eigenvalue weighted by molar-refractivity contribution is -0.142. The van der Waals surface area contributed by atoms with Crippen LogP contribution in [0.15, 0.2) is 88.5 Å². The Bertz CT molecular complexity index is 2180. The molecular weight excluding hydrogens is 752 g/mol. The zero-order chi connectivity index (χ0) is 39.2. The van der Waals surface area contributed by atoms with Gasteiger partial charge in [-0.05, 0) is 126 Å². The van der Waals surface area contributed by atoms with Crippen LogP contribution in [-0.4, -0.2) is 16.8 Å². The Morgan fingerprint density at radius 2 is 1.19 bits per heavy atom. The summed E-state index contributed by atoms with van der Waals surface area (Å²) in [4.78, 5) is 39.0. The summed E-state index contributed by atoms with van der Waals surface area (Å²) in [6.45, 7) is 19.2. The number of aryl methyl sites for hydroxylation is 8. The number of halogens is 1. The Morgan fingerprint density at radius 1 is 0.717 bits per heavy atom. The number of ether oxygens (including phenoxy) is 1. The summed E-state index contributed by atoms with van der Waals surface area (Å²) in [5, 5.41) is 10.5. The Balaban J connectivity index is 0.000000237. The molecular formula is C44H49BrO7S. The smallest absolute Gasteiger partial charge is 0.347 e. The third kappa shape index (κ3) is 10.6. The average Bonchev–Trinajstić information content (AvgIpc) is 3.03. The standard InChI is InChI=1S/C22H21BrO3S.C22H28O4/c1-13-10-14(2)20(15(3)11-13)21-19(24)12-17(26-22(21)25)8-9-27-18-6-4-16(23)5-7-18;1-8-9-16-12-17(26-21(24)22(5,6)7)19(20(23)25-16)18-14(3)10-13(2)11-15(18)4/h4-7,10-12,24H,8-9H2,1-3H3;10-12H,8-9H2,1-7H3. The van der Waals surface area contributed by atoms with E-state index in [1.807, 2.05) is 97.0 Å². The number of benzene rings is 3. The molecule has 0 saturated carbocycles. The van der Waals surface area contributed by atoms with Crippen LogP contribution in [0.5, 0.6) is 11.5 Å². The zero-order valence-electron chi connectivity index (χ0n) is 32.3. The number of carbonyl (C=O) groups excluding carboxylic acids is 1. The molecule has 0 aliphatic rings. The fourth-order valence-corrected chi connectivity index (χ4v) is 7.41. The third-order valence-corrected chi connectivity index (χ3v) is 10.1. The molecule has 0 amide bonds. The van der Waals surface area contributed by atoms with Gasteiger partial charge in [0.1, 0.15) is 34.1 Å². The maximum absolute atomic E-state index is 12.8. The van der Waals surface area contributed by atoms with Crippen molar-refractivity contribution < 1.29 is 23.5 Å². The van der Waals surface area contributed by atoms with E-state index in [2.05, 4.69) is 15.9 Å². The van der Waals surface area contributed by atoms with E-state index in [-0.39, 0.29) is 23.0 Å². The highest BCUT2D eigenvalue weighted by molar-refractivity contribution is 9.10. The Morgan fingerprint density at radius 3 is 1.66 bits per heavy atom. The number of rotatable bonds is 9. The Labute approximate surface area is 324 Å². The molecule has 7 nitrogen and oxygen atoms in total. The second-order valence-corrected chi connectivity index (χ2v) is 16.6. The monoisotopic (exact) mass is 800 g/mol. The lowest BCUT2D eigenvalue weighted by Crippen LogP contribution is -2.26. The number of carbonyl (C=O) groups is 1. The minimum atomic E-state index is -0.671. The number of hydrogen-bond donors (Lipinski definition) is 1. The molecule has 0 atom stereocenters. The van der Waals surface area contributed by atoms with E-state index < -0.39 is 16.7 Å². The van der Waals surface area contributed by atoms with E-state index in [4.69, 9.17) is 13.6 Å². The van der Waals surface area contributed by atoms with Gasteiger partial charge in [0.2, 0.25) is 0 Å². The van der Waals surface area contributed by atoms with Crippen molar-refractivity contribution in [3.63, 3.8) is 0 Å². The highest BCUT2D eigenvalue weighted by Crippen LogP contribution is 2.36. The summed E-state index contributed by atoms with van der Waals surface area (Å²) < 4.78 is 17.7. The lowest BCUT2D eigenvalue weighted by atomic mass is 9.93. The fourth-order valence-electron chi connectivity index (χ4n) is 6.28. The number of hydrogen-bond acceptors (Lipinski definition) is 8. The molecule has 0 fully saturated rings. The maximum Gasteiger partial charge on any atom is 0.347 e. The van der Waals surface area contributed by atoms with Gasteiger partial charge in [-0.2, -0.15) is 0 Å². The first-order valence-electron chi connectivity index (χ1n) is 17.7. The van der Waals surface area contributed by atoms with Crippen molar-refractivity contribution in [1.82, 2.24) is 0 Å². The fraction of sp³-hybridized carbons (Fsp3) is 0.341. The number of thioether (sulfide) groups is 1. The van der Waals surface area contributed by atoms with Crippen molar-refractivity contribution in [2.75, 3.05) is 5.75 Å². The lowest BCUT2D eigenvalue weighted by Gasteiger charge is -2.19. The van der Waals surface area contributed by atoms with Crippen LogP contribution in [0.2, 0.25) is 0 Å². The molecule has 0 saturated heterocycles. The second kappa shape index (κ2) is 17.7. The first kappa shape index (κ1) is 41.4. The van der Waals surface area contributed by atoms with Gasteiger partial charge in [0.05, 0.1) is 5.41 Å². The van der Waals surface area contributed by atoms with Crippen molar-refractivity contribution in [2.45, 2.75) is 93.4 Å². The molecule has 5 aromatic rings. The van der Waals surface area contributed by atoms with Crippen LogP contribution in [0.1, 0.15) is 79.0 Å². The molecule has 0 spiro atoms. The van der Waals surface area contributed by atoms with Crippen molar-refractivity contribution >= 4 is 33.7 Å². The molecule has 0 bridgehead atoms. The van der Waals surface area contributed by atoms with Gasteiger partial charge in [0.15, 0.2) is 0 Å². The normalized spacial score (nSPS) is 11.2. The van der Waals surface area contributed by atoms with E-state index in [9.17, 15) is 19.5 Å². The maximum atomic E-state index is 12.8. The zero-order valence-corrected chi connectivity index (χ0v) is 34.7. The number of esters is 1. The molecule has 2 aromatic heterocycles. The summed E-state index contributed by atoms with van der Waals surface area (Å²) in [7, 11) is 0. The van der Waals surface area contributed by atoms with E-state index in [0.29, 0.717) is 29.9 Å². The van der Waals surface area contributed by atoms with Crippen LogP contribution in [0, 0.1) is 47.0 Å². The van der Waals surface area contributed by atoms with Crippen molar-refractivity contribution in [1.29, 1.82) is 0 Å². The molecule has 1 N–H and O–H groups in total. The largest absolute Gasteiger partial charge is 0.507 e. The van der Waals surface area contributed by atoms with Crippen LogP contribution in [-0.2, 0) is 17.6 Å². The van der Waals surface area contributed by atoms with Crippen molar-refractivity contribution in [2.24, 2.45) is 5.41 Å². The first-order valence-corrected chi connectivity index (χ1v) is 19.5. The van der Waals surface area contributed by atoms with Gasteiger partial charge in [-0.1, -0.05) is 58.2 Å². The first-order chi connectivity index (χ1) is 24.9. The molecule has 0 aliphatic heterocycles. The van der Waals surface area contributed by atoms with Gasteiger partial charge in [-0.3, -0.25) is 4.79 Å². The van der Waals surface area contributed by atoms with E-state index >= 15 is 0 Å². The summed E-state index contributed by atoms with van der Waals surface area (Å²) in [5.74, 6) is 1.65. The average molecular weight is 802 g/mol. The summed E-state index contributed by atoms with van der Waals surface area (Å²) in [6.07, 6.45) is 2.01. The van der Waals surface area contributed by atoms with Gasteiger partial charge in [-0.25, -0.2) is 9.59 Å². The predicted molar refractivity (Wildman–Crippen MR) is 219 cm³/mol. The van der Waals surface area contributed by atoms with Crippen LogP contribution in [0.25, 0.3) is 22.3 Å². The predicted octanol–water partition coefficient (Wildman–Crippen LogP) is 11.2. The highest BCUT2D eigenvalue weighted by atomic mass is 79.9. The minimum Gasteiger partial charge on any atom is -0.507 e. The van der Waals surface area contributed by atoms with Gasteiger partial charge >= 0.3 is 17.2 Å². The molecule has 2 heterocycles. The Hall–Kier alpha value is -4.34. The molecule has 280 valence electrons. The van der Waals surface area contributed by atoms with Gasteiger partial charge in [0, 0.05) is 40.1 Å². The quantitative estimate of drug-likeness (QED) is 0.116. The summed E-state index contributed by atoms with van der Waals surface area (Å²) >= 11 is 5.10. The van der Waals surface area contributed by atoms with Crippen molar-refractivity contribution in [3.8, 4) is 33.8 Å². The second-order valence-electron chi connectivity index (χ2n) is 14.5.